The number of halogens is 2. The van der Waals surface area contributed by atoms with E-state index in [4.69, 9.17) is 23.2 Å². The van der Waals surface area contributed by atoms with Crippen LogP contribution in [0.5, 0.6) is 5.75 Å². The Bertz CT molecular complexity index is 474. The highest BCUT2D eigenvalue weighted by atomic mass is 35.5. The van der Waals surface area contributed by atoms with Crippen LogP contribution in [0.1, 0.15) is 32.1 Å². The summed E-state index contributed by atoms with van der Waals surface area (Å²) in [5.74, 6) is -0.176. The summed E-state index contributed by atoms with van der Waals surface area (Å²) in [4.78, 5) is 11.8. The molecule has 19 heavy (non-hydrogen) atoms. The van der Waals surface area contributed by atoms with Crippen molar-refractivity contribution in [1.82, 2.24) is 5.32 Å². The van der Waals surface area contributed by atoms with Crippen molar-refractivity contribution in [3.63, 3.8) is 0 Å². The molecule has 6 heteroatoms. The van der Waals surface area contributed by atoms with Crippen molar-refractivity contribution < 1.29 is 9.90 Å². The number of nitrogens with one attached hydrogen (secondary N) is 2. The zero-order valence-corrected chi connectivity index (χ0v) is 11.9. The monoisotopic (exact) mass is 302 g/mol. The van der Waals surface area contributed by atoms with Crippen LogP contribution in [-0.4, -0.2) is 17.2 Å². The molecule has 0 unspecified atom stereocenters. The van der Waals surface area contributed by atoms with Gasteiger partial charge in [-0.15, -0.1) is 0 Å². The summed E-state index contributed by atoms with van der Waals surface area (Å²) in [6.07, 6.45) is 5.49. The molecule has 0 saturated heterocycles. The van der Waals surface area contributed by atoms with Gasteiger partial charge in [0.2, 0.25) is 0 Å². The number of urea groups is 1. The fourth-order valence-corrected chi connectivity index (χ4v) is 2.75. The highest BCUT2D eigenvalue weighted by molar-refractivity contribution is 6.36. The fraction of sp³-hybridized carbons (Fsp3) is 0.462. The number of carbonyl (C=O) groups excluding carboxylic acids is 1. The Morgan fingerprint density at radius 1 is 1.21 bits per heavy atom. The first-order chi connectivity index (χ1) is 9.06. The van der Waals surface area contributed by atoms with E-state index in [1.165, 1.54) is 18.6 Å². The van der Waals surface area contributed by atoms with Crippen LogP contribution in [0.15, 0.2) is 12.1 Å². The van der Waals surface area contributed by atoms with E-state index in [0.29, 0.717) is 5.02 Å². The number of carbonyl (C=O) groups is 1. The van der Waals surface area contributed by atoms with Gasteiger partial charge in [-0.1, -0.05) is 42.5 Å². The normalized spacial score (nSPS) is 16.1. The molecule has 2 rings (SSSR count). The molecule has 1 aliphatic rings. The minimum absolute atomic E-state index is 0.112. The number of aromatic hydroxyl groups is 1. The van der Waals surface area contributed by atoms with Gasteiger partial charge in [0.15, 0.2) is 5.75 Å². The summed E-state index contributed by atoms with van der Waals surface area (Å²) >= 11 is 11.6. The maximum atomic E-state index is 11.8. The Morgan fingerprint density at radius 3 is 2.58 bits per heavy atom. The van der Waals surface area contributed by atoms with Crippen molar-refractivity contribution >= 4 is 34.9 Å². The molecule has 0 aliphatic heterocycles. The molecule has 1 saturated carbocycles. The van der Waals surface area contributed by atoms with Crippen molar-refractivity contribution in [2.75, 3.05) is 5.32 Å². The molecule has 0 heterocycles. The maximum absolute atomic E-state index is 11.8. The Labute approximate surface area is 122 Å². The standard InChI is InChI=1S/C13H16Cl2N2O2/c14-8-6-10(15)12(18)11(7-8)17-13(19)16-9-4-2-1-3-5-9/h6-7,9,18H,1-5H2,(H2,16,17,19). The van der Waals surface area contributed by atoms with Crippen molar-refractivity contribution in [2.45, 2.75) is 38.1 Å². The van der Waals surface area contributed by atoms with Crippen molar-refractivity contribution in [3.05, 3.63) is 22.2 Å². The van der Waals surface area contributed by atoms with Gasteiger partial charge in [0.1, 0.15) is 0 Å². The van der Waals surface area contributed by atoms with Gasteiger partial charge in [-0.2, -0.15) is 0 Å². The van der Waals surface area contributed by atoms with E-state index in [-0.39, 0.29) is 28.5 Å². The first-order valence-corrected chi connectivity index (χ1v) is 7.07. The van der Waals surface area contributed by atoms with Gasteiger partial charge in [0, 0.05) is 11.1 Å². The van der Waals surface area contributed by atoms with E-state index in [1.807, 2.05) is 0 Å². The minimum Gasteiger partial charge on any atom is -0.504 e. The first-order valence-electron chi connectivity index (χ1n) is 6.32. The third-order valence-corrected chi connectivity index (χ3v) is 3.72. The van der Waals surface area contributed by atoms with E-state index < -0.39 is 0 Å². The molecule has 104 valence electrons. The highest BCUT2D eigenvalue weighted by Crippen LogP contribution is 2.34. The number of amides is 2. The third kappa shape index (κ3) is 3.91. The molecule has 1 aromatic rings. The molecule has 0 bridgehead atoms. The predicted octanol–water partition coefficient (Wildman–Crippen LogP) is 4.15. The van der Waals surface area contributed by atoms with Gasteiger partial charge in [-0.05, 0) is 25.0 Å². The molecule has 0 aromatic heterocycles. The molecule has 2 amide bonds. The van der Waals surface area contributed by atoms with Crippen molar-refractivity contribution in [1.29, 1.82) is 0 Å². The number of rotatable bonds is 2. The third-order valence-electron chi connectivity index (χ3n) is 3.22. The van der Waals surface area contributed by atoms with Gasteiger partial charge in [-0.25, -0.2) is 4.79 Å². The predicted molar refractivity (Wildman–Crippen MR) is 77.2 cm³/mol. The summed E-state index contributed by atoms with van der Waals surface area (Å²) in [5.41, 5.74) is 0.214. The van der Waals surface area contributed by atoms with E-state index in [1.54, 1.807) is 0 Å². The van der Waals surface area contributed by atoms with Crippen LogP contribution in [0, 0.1) is 0 Å². The molecule has 0 spiro atoms. The van der Waals surface area contributed by atoms with E-state index in [9.17, 15) is 9.90 Å². The van der Waals surface area contributed by atoms with Crippen molar-refractivity contribution in [2.24, 2.45) is 0 Å². The lowest BCUT2D eigenvalue weighted by Gasteiger charge is -2.23. The van der Waals surface area contributed by atoms with E-state index >= 15 is 0 Å². The second-order valence-corrected chi connectivity index (χ2v) is 5.56. The number of phenols is 1. The number of hydrogen-bond donors (Lipinski definition) is 3. The van der Waals surface area contributed by atoms with Gasteiger partial charge >= 0.3 is 6.03 Å². The second-order valence-electron chi connectivity index (χ2n) is 4.72. The zero-order valence-electron chi connectivity index (χ0n) is 10.4. The Hall–Kier alpha value is -1.13. The number of anilines is 1. The van der Waals surface area contributed by atoms with Gasteiger partial charge in [-0.3, -0.25) is 0 Å². The van der Waals surface area contributed by atoms with Crippen LogP contribution in [0.25, 0.3) is 0 Å². The number of phenolic OH excluding ortho intramolecular Hbond substituents is 1. The molecule has 1 aromatic carbocycles. The summed E-state index contributed by atoms with van der Waals surface area (Å²) in [7, 11) is 0. The average molecular weight is 303 g/mol. The molecule has 1 fully saturated rings. The lowest BCUT2D eigenvalue weighted by molar-refractivity contribution is 0.244. The van der Waals surface area contributed by atoms with Crippen LogP contribution in [0.3, 0.4) is 0 Å². The highest BCUT2D eigenvalue weighted by Gasteiger charge is 2.17. The molecule has 0 radical (unpaired) electrons. The lowest BCUT2D eigenvalue weighted by atomic mass is 9.96. The van der Waals surface area contributed by atoms with E-state index in [0.717, 1.165) is 25.7 Å². The summed E-state index contributed by atoms with van der Waals surface area (Å²) in [6.45, 7) is 0. The largest absolute Gasteiger partial charge is 0.504 e. The van der Waals surface area contributed by atoms with Crippen molar-refractivity contribution in [3.8, 4) is 5.75 Å². The Kier molecular flexibility index (Phi) is 4.77. The van der Waals surface area contributed by atoms with Crippen LogP contribution in [0.4, 0.5) is 10.5 Å². The summed E-state index contributed by atoms with van der Waals surface area (Å²) < 4.78 is 0. The summed E-state index contributed by atoms with van der Waals surface area (Å²) in [5, 5.41) is 15.7. The first kappa shape index (κ1) is 14.3. The van der Waals surface area contributed by atoms with Crippen LogP contribution >= 0.6 is 23.2 Å². The SMILES string of the molecule is O=C(Nc1cc(Cl)cc(Cl)c1O)NC1CCCCC1. The smallest absolute Gasteiger partial charge is 0.319 e. The zero-order chi connectivity index (χ0) is 13.8. The Balaban J connectivity index is 1.98. The van der Waals surface area contributed by atoms with Gasteiger partial charge in [0.25, 0.3) is 0 Å². The molecule has 1 aliphatic carbocycles. The van der Waals surface area contributed by atoms with E-state index in [2.05, 4.69) is 10.6 Å². The second kappa shape index (κ2) is 6.35. The molecular weight excluding hydrogens is 287 g/mol. The minimum atomic E-state index is -0.347. The van der Waals surface area contributed by atoms with Crippen LogP contribution in [0.2, 0.25) is 10.0 Å². The van der Waals surface area contributed by atoms with Gasteiger partial charge < -0.3 is 15.7 Å². The maximum Gasteiger partial charge on any atom is 0.319 e. The number of benzene rings is 1. The number of hydrogen-bond acceptors (Lipinski definition) is 2. The fourth-order valence-electron chi connectivity index (χ4n) is 2.25. The molecule has 3 N–H and O–H groups in total. The lowest BCUT2D eigenvalue weighted by Crippen LogP contribution is -2.39. The van der Waals surface area contributed by atoms with Crippen LogP contribution < -0.4 is 10.6 Å². The van der Waals surface area contributed by atoms with Crippen LogP contribution in [-0.2, 0) is 0 Å². The molecule has 0 atom stereocenters. The molecular formula is C13H16Cl2N2O2. The molecule has 4 nitrogen and oxygen atoms in total. The topological polar surface area (TPSA) is 61.4 Å². The Morgan fingerprint density at radius 2 is 1.89 bits per heavy atom. The quantitative estimate of drug-likeness (QED) is 0.719. The van der Waals surface area contributed by atoms with Gasteiger partial charge in [0.05, 0.1) is 10.7 Å². The summed E-state index contributed by atoms with van der Waals surface area (Å²) in [6, 6.07) is 2.73. The average Bonchev–Trinajstić information content (AvgIpc) is 2.36.